The van der Waals surface area contributed by atoms with E-state index >= 15 is 0 Å². The fourth-order valence-electron chi connectivity index (χ4n) is 4.15. The maximum Gasteiger partial charge on any atom is 0.232 e. The van der Waals surface area contributed by atoms with Gasteiger partial charge < -0.3 is 10.6 Å². The second-order valence-corrected chi connectivity index (χ2v) is 7.67. The number of nitrogens with zero attached hydrogens (tertiary/aromatic N) is 1. The number of hydrogen-bond donors (Lipinski definition) is 1. The molecule has 0 spiro atoms. The van der Waals surface area contributed by atoms with Gasteiger partial charge in [-0.3, -0.25) is 4.79 Å². The van der Waals surface area contributed by atoms with E-state index in [1.807, 2.05) is 56.3 Å². The average molecular weight is 378 g/mol. The number of benzene rings is 2. The highest BCUT2D eigenvalue weighted by Gasteiger charge is 2.48. The molecule has 0 unspecified atom stereocenters. The zero-order valence-electron chi connectivity index (χ0n) is 16.8. The van der Waals surface area contributed by atoms with E-state index in [4.69, 9.17) is 5.73 Å². The van der Waals surface area contributed by atoms with Crippen LogP contribution in [0, 0.1) is 19.7 Å². The van der Waals surface area contributed by atoms with Gasteiger partial charge in [0.25, 0.3) is 0 Å². The van der Waals surface area contributed by atoms with Crippen LogP contribution in [0.1, 0.15) is 35.1 Å². The number of aryl methyl sites for hydroxylation is 1. The van der Waals surface area contributed by atoms with Gasteiger partial charge in [0.15, 0.2) is 0 Å². The number of carbonyl (C=O) groups excluding carboxylic acids is 1. The molecule has 2 aromatic carbocycles. The molecule has 4 heteroatoms. The van der Waals surface area contributed by atoms with E-state index in [-0.39, 0.29) is 11.7 Å². The molecule has 0 bridgehead atoms. The first-order chi connectivity index (χ1) is 13.3. The van der Waals surface area contributed by atoms with Crippen LogP contribution in [0.5, 0.6) is 0 Å². The van der Waals surface area contributed by atoms with Gasteiger partial charge in [-0.2, -0.15) is 0 Å². The van der Waals surface area contributed by atoms with Crippen LogP contribution in [0.3, 0.4) is 0 Å². The number of halogens is 1. The van der Waals surface area contributed by atoms with Crippen molar-refractivity contribution in [2.24, 2.45) is 5.73 Å². The Morgan fingerprint density at radius 1 is 1.25 bits per heavy atom. The predicted octanol–water partition coefficient (Wildman–Crippen LogP) is 4.53. The van der Waals surface area contributed by atoms with Gasteiger partial charge in [-0.25, -0.2) is 4.39 Å². The summed E-state index contributed by atoms with van der Waals surface area (Å²) in [4.78, 5) is 14.7. The number of allylic oxidation sites excluding steroid dienone is 1. The molecule has 146 valence electrons. The lowest BCUT2D eigenvalue weighted by atomic mass is 9.72. The van der Waals surface area contributed by atoms with E-state index in [1.54, 1.807) is 12.1 Å². The number of amides is 1. The minimum absolute atomic E-state index is 0.242. The summed E-state index contributed by atoms with van der Waals surface area (Å²) in [6.45, 7) is 8.64. The molecule has 2 N–H and O–H groups in total. The van der Waals surface area contributed by atoms with Crippen LogP contribution in [0.15, 0.2) is 66.4 Å². The summed E-state index contributed by atoms with van der Waals surface area (Å²) in [5.74, 6) is -0.612. The summed E-state index contributed by atoms with van der Waals surface area (Å²) in [6.07, 6.45) is 3.22. The zero-order chi connectivity index (χ0) is 20.5. The van der Waals surface area contributed by atoms with E-state index in [2.05, 4.69) is 6.58 Å². The first-order valence-electron chi connectivity index (χ1n) is 9.48. The zero-order valence-corrected chi connectivity index (χ0v) is 16.8. The van der Waals surface area contributed by atoms with Gasteiger partial charge in [-0.15, -0.1) is 0 Å². The number of primary amides is 1. The molecule has 1 fully saturated rings. The molecular weight excluding hydrogens is 351 g/mol. The molecule has 28 heavy (non-hydrogen) atoms. The van der Waals surface area contributed by atoms with Crippen LogP contribution in [-0.4, -0.2) is 17.9 Å². The fourth-order valence-corrected chi connectivity index (χ4v) is 4.15. The Balaban J connectivity index is 2.07. The topological polar surface area (TPSA) is 46.3 Å². The summed E-state index contributed by atoms with van der Waals surface area (Å²) >= 11 is 0. The van der Waals surface area contributed by atoms with Crippen molar-refractivity contribution in [2.75, 3.05) is 7.05 Å². The van der Waals surface area contributed by atoms with Crippen molar-refractivity contribution in [3.05, 3.63) is 94.5 Å². The molecule has 1 amide bonds. The van der Waals surface area contributed by atoms with Crippen LogP contribution in [0.2, 0.25) is 0 Å². The van der Waals surface area contributed by atoms with Crippen molar-refractivity contribution >= 4 is 5.91 Å². The molecule has 0 aromatic heterocycles. The highest BCUT2D eigenvalue weighted by Crippen LogP contribution is 2.49. The Labute approximate surface area is 166 Å². The highest BCUT2D eigenvalue weighted by molar-refractivity contribution is 5.93. The van der Waals surface area contributed by atoms with Crippen LogP contribution in [0.25, 0.3) is 0 Å². The first kappa shape index (κ1) is 19.9. The van der Waals surface area contributed by atoms with E-state index in [0.717, 1.165) is 27.8 Å². The third kappa shape index (κ3) is 3.35. The summed E-state index contributed by atoms with van der Waals surface area (Å²) in [7, 11) is 1.87. The molecule has 1 saturated carbocycles. The molecule has 3 nitrogen and oxygen atoms in total. The molecule has 0 radical (unpaired) electrons. The van der Waals surface area contributed by atoms with Crippen molar-refractivity contribution < 1.29 is 9.18 Å². The summed E-state index contributed by atoms with van der Waals surface area (Å²) in [5.41, 5.74) is 10.5. The van der Waals surface area contributed by atoms with E-state index in [0.29, 0.717) is 24.9 Å². The third-order valence-electron chi connectivity index (χ3n) is 5.85. The van der Waals surface area contributed by atoms with Crippen LogP contribution >= 0.6 is 0 Å². The largest absolute Gasteiger partial charge is 0.376 e. The van der Waals surface area contributed by atoms with Crippen molar-refractivity contribution in [1.29, 1.82) is 0 Å². The van der Waals surface area contributed by atoms with Gasteiger partial charge in [-0.1, -0.05) is 43.0 Å². The number of carbonyl (C=O) groups is 1. The molecule has 1 aliphatic carbocycles. The van der Waals surface area contributed by atoms with Crippen molar-refractivity contribution in [3.8, 4) is 0 Å². The third-order valence-corrected chi connectivity index (χ3v) is 5.85. The normalized spacial score (nSPS) is 20.6. The lowest BCUT2D eigenvalue weighted by Gasteiger charge is -2.31. The molecule has 0 heterocycles. The standard InChI is InChI=1S/C24H27FN2O/c1-16-8-7-10-20(18(16)3)24(23(26)28)13-12-17(2)21(24)15-27(4)14-19-9-5-6-11-22(19)25/h5-11,15H,2,12-14H2,1,3-4H3,(H2,26,28)/b21-15+/t24-/m1/s1. The van der Waals surface area contributed by atoms with Gasteiger partial charge in [0.05, 0.1) is 0 Å². The molecule has 3 rings (SSSR count). The number of hydrogen-bond acceptors (Lipinski definition) is 2. The lowest BCUT2D eigenvalue weighted by molar-refractivity contribution is -0.122. The molecular formula is C24H27FN2O. The van der Waals surface area contributed by atoms with Crippen molar-refractivity contribution in [2.45, 2.75) is 38.6 Å². The van der Waals surface area contributed by atoms with Gasteiger partial charge in [0.1, 0.15) is 11.2 Å². The second kappa shape index (κ2) is 7.63. The monoisotopic (exact) mass is 378 g/mol. The molecule has 0 saturated heterocycles. The minimum atomic E-state index is -0.906. The summed E-state index contributed by atoms with van der Waals surface area (Å²) < 4.78 is 14.0. The molecule has 1 aliphatic rings. The maximum absolute atomic E-state index is 14.0. The quantitative estimate of drug-likeness (QED) is 0.831. The Bertz CT molecular complexity index is 963. The van der Waals surface area contributed by atoms with Crippen molar-refractivity contribution in [3.63, 3.8) is 0 Å². The van der Waals surface area contributed by atoms with Gasteiger partial charge in [0, 0.05) is 25.4 Å². The summed E-state index contributed by atoms with van der Waals surface area (Å²) in [6, 6.07) is 12.7. The first-order valence-corrected chi connectivity index (χ1v) is 9.48. The van der Waals surface area contributed by atoms with Crippen LogP contribution in [0.4, 0.5) is 4.39 Å². The molecule has 2 aromatic rings. The van der Waals surface area contributed by atoms with Gasteiger partial charge in [0.2, 0.25) is 5.91 Å². The SMILES string of the molecule is C=C1CC[C@@](C(N)=O)(c2cccc(C)c2C)/C1=C/N(C)Cc1ccccc1F. The van der Waals surface area contributed by atoms with E-state index < -0.39 is 5.41 Å². The average Bonchev–Trinajstić information content (AvgIpc) is 2.97. The lowest BCUT2D eigenvalue weighted by Crippen LogP contribution is -2.41. The van der Waals surface area contributed by atoms with E-state index in [9.17, 15) is 9.18 Å². The fraction of sp³-hybridized carbons (Fsp3) is 0.292. The Morgan fingerprint density at radius 2 is 1.96 bits per heavy atom. The van der Waals surface area contributed by atoms with Gasteiger partial charge >= 0.3 is 0 Å². The Hall–Kier alpha value is -2.88. The van der Waals surface area contributed by atoms with Crippen molar-refractivity contribution in [1.82, 2.24) is 4.90 Å². The predicted molar refractivity (Wildman–Crippen MR) is 111 cm³/mol. The smallest absolute Gasteiger partial charge is 0.232 e. The Morgan fingerprint density at radius 3 is 2.64 bits per heavy atom. The second-order valence-electron chi connectivity index (χ2n) is 7.67. The number of rotatable bonds is 5. The highest BCUT2D eigenvalue weighted by atomic mass is 19.1. The minimum Gasteiger partial charge on any atom is -0.376 e. The van der Waals surface area contributed by atoms with Crippen LogP contribution < -0.4 is 5.73 Å². The number of nitrogens with two attached hydrogens (primary N) is 1. The summed E-state index contributed by atoms with van der Waals surface area (Å²) in [5, 5.41) is 0. The maximum atomic E-state index is 14.0. The molecule has 0 aliphatic heterocycles. The van der Waals surface area contributed by atoms with E-state index in [1.165, 1.54) is 6.07 Å². The van der Waals surface area contributed by atoms with Gasteiger partial charge in [-0.05, 0) is 60.6 Å². The Kier molecular flexibility index (Phi) is 5.41. The molecule has 1 atom stereocenters. The van der Waals surface area contributed by atoms with Crippen LogP contribution in [-0.2, 0) is 16.8 Å².